The van der Waals surface area contributed by atoms with Gasteiger partial charge in [0.25, 0.3) is 11.6 Å². The number of hydrogen-bond donors (Lipinski definition) is 33. The molecule has 9 saturated heterocycles. The topological polar surface area (TPSA) is 894 Å². The molecule has 9 rings (SSSR count). The summed E-state index contributed by atoms with van der Waals surface area (Å²) in [4.78, 5) is 77.4. The van der Waals surface area contributed by atoms with Crippen LogP contribution in [0.15, 0.2) is 0 Å². The number of hydrogen-bond acceptors (Lipinski definition) is 50. The SMILES string of the molecule is CC(=O)N[C@H]1[C@H](OC[C@H]2O[C@@H](O[C@H]3[C@@H](O)[C@@H](CO)O[C@@H](O[C@H]4[C@H](O)[C@@H](O)[C@H](O)O[C@@H]4CO)[C@@H]3O)[C@H](O)[C@@H](O[C@@H]3O[C@H](CO)[C@@H](O[C@@H]4O[C@H](CO)[C@H](O)[C@H](O[C@]5(C(=O)O)C[C@H](O)[C@@H](NC(C)=O)[C@H]([C@H](O)[C@H](O)CO)O5)[C@H]4O)[C@H](O)[C@H]3NC(C)=O)[C@H]2O)O[C@H](CO)[C@@H](O[C@@H]2O[C@H](CO)[C@H](O)[C@H](O[C@]3(C(=O)O)C[C@H](O)[C@@H](NC(C)=O)[C@H]([C@H](O)[C@H](O)CO)O3)[C@H]2O)[C@@H]1O. The standard InChI is InChI=1S/C68H112N4O52/c1-16(81)69-31-20(85)5-67(65(104)105,121-52(31)35(89)22(87)7-73)123-56-38(92)25(10-76)111-63(47(56)101)116-49-28(13-79)113-59(33(41(49)95)71-18(3)83)108-15-30-40(94)55(46(100)62(115-30)120-54-37(91)24(9-75)110-61(45(54)99)118-51-27(12-78)109-58(103)44(98)43(51)97)119-60-34(72-19(4)84)42(96)50(29(14-80)114-60)117-64-48(102)57(39(93)26(11-77)112-64)124-68(66(106)107)6-21(86)32(70-17(2)82)53(122-68)36(90)23(88)8-74/h20-64,73-80,85-103H,5-15H2,1-4H3,(H,69,81)(H,70,82)(H,71,83)(H,72,84)(H,104,105)(H,106,107)/t20-,21-,22+,23+,24+,25+,26+,27+,28+,29+,30+,31+,32+,33+,34+,35+,36+,37-,38-,39-,40-,41+,42+,43+,44+,45+,46+,47+,48+,49+,50+,51+,52+,53+,54-,55-,56-,57-,58+,59+,60-,61-,62-,63-,64-,67-,68-/m0/s1. The van der Waals surface area contributed by atoms with Gasteiger partial charge in [-0.2, -0.15) is 0 Å². The van der Waals surface area contributed by atoms with Crippen LogP contribution in [0.2, 0.25) is 0 Å². The maximum Gasteiger partial charge on any atom is 0.364 e. The van der Waals surface area contributed by atoms with Gasteiger partial charge in [0, 0.05) is 40.5 Å². The van der Waals surface area contributed by atoms with E-state index in [-0.39, 0.29) is 0 Å². The molecule has 47 atom stereocenters. The Morgan fingerprint density at radius 1 is 0.331 bits per heavy atom. The predicted molar refractivity (Wildman–Crippen MR) is 378 cm³/mol. The molecular weight excluding hydrogens is 1700 g/mol. The minimum atomic E-state index is -3.33. The van der Waals surface area contributed by atoms with E-state index in [9.17, 15) is 177 Å². The van der Waals surface area contributed by atoms with Gasteiger partial charge in [-0.3, -0.25) is 19.2 Å². The average Bonchev–Trinajstić information content (AvgIpc) is 0.753. The Labute approximate surface area is 699 Å². The van der Waals surface area contributed by atoms with Gasteiger partial charge in [0.2, 0.25) is 23.6 Å². The van der Waals surface area contributed by atoms with Crippen molar-refractivity contribution in [2.45, 2.75) is 328 Å². The van der Waals surface area contributed by atoms with E-state index in [1.807, 2.05) is 0 Å². The highest BCUT2D eigenvalue weighted by molar-refractivity contribution is 5.78. The molecule has 9 aliphatic rings. The maximum atomic E-state index is 13.3. The second kappa shape index (κ2) is 43.9. The molecule has 0 unspecified atom stereocenters. The van der Waals surface area contributed by atoms with E-state index >= 15 is 0 Å². The summed E-state index contributed by atoms with van der Waals surface area (Å²) in [6.07, 6.45) is -94.8. The van der Waals surface area contributed by atoms with E-state index in [1.54, 1.807) is 0 Å². The zero-order chi connectivity index (χ0) is 92.1. The van der Waals surface area contributed by atoms with E-state index < -0.39 is 395 Å². The smallest absolute Gasteiger partial charge is 0.364 e. The molecule has 0 aromatic carbocycles. The Morgan fingerprint density at radius 3 is 0.960 bits per heavy atom. The van der Waals surface area contributed by atoms with Crippen molar-refractivity contribution in [1.82, 2.24) is 21.3 Å². The highest BCUT2D eigenvalue weighted by Crippen LogP contribution is 2.43. The normalized spacial score (nSPS) is 46.3. The molecule has 9 aliphatic heterocycles. The third-order valence-electron chi connectivity index (χ3n) is 22.3. The Kier molecular flexibility index (Phi) is 36.4. The first kappa shape index (κ1) is 103. The van der Waals surface area contributed by atoms with Gasteiger partial charge in [0.1, 0.15) is 207 Å². The highest BCUT2D eigenvalue weighted by Gasteiger charge is 2.65. The lowest BCUT2D eigenvalue weighted by Crippen LogP contribution is -2.71. The number of ether oxygens (including phenoxy) is 17. The van der Waals surface area contributed by atoms with Gasteiger partial charge in [-0.1, -0.05) is 0 Å². The third kappa shape index (κ3) is 22.3. The third-order valence-corrected chi connectivity index (χ3v) is 22.3. The van der Waals surface area contributed by atoms with Crippen LogP contribution in [0, 0.1) is 0 Å². The number of carbonyl (C=O) groups excluding carboxylic acids is 4. The number of rotatable bonds is 35. The molecule has 33 N–H and O–H groups in total. The Hall–Kier alpha value is -4.94. The first-order valence-corrected chi connectivity index (χ1v) is 38.9. The van der Waals surface area contributed by atoms with Crippen molar-refractivity contribution < 1.29 is 257 Å². The fourth-order valence-corrected chi connectivity index (χ4v) is 15.9. The van der Waals surface area contributed by atoms with E-state index in [0.717, 1.165) is 27.7 Å². The summed E-state index contributed by atoms with van der Waals surface area (Å²) >= 11 is 0. The van der Waals surface area contributed by atoms with Crippen LogP contribution in [0.1, 0.15) is 40.5 Å². The number of carboxylic acid groups (broad SMARTS) is 2. The molecule has 9 heterocycles. The zero-order valence-electron chi connectivity index (χ0n) is 66.1. The summed E-state index contributed by atoms with van der Waals surface area (Å²) in [5, 5.41) is 331. The van der Waals surface area contributed by atoms with Gasteiger partial charge in [0.15, 0.2) is 44.0 Å². The molecule has 9 fully saturated rings. The molecular formula is C68H112N4O52. The minimum Gasteiger partial charge on any atom is -0.477 e. The summed E-state index contributed by atoms with van der Waals surface area (Å²) in [6, 6.07) is -7.70. The number of carboxylic acids is 2. The number of nitrogens with one attached hydrogen (secondary N) is 4. The van der Waals surface area contributed by atoms with Gasteiger partial charge in [-0.05, 0) is 0 Å². The number of aliphatic carboxylic acids is 2. The summed E-state index contributed by atoms with van der Waals surface area (Å²) in [5.41, 5.74) is 0. The van der Waals surface area contributed by atoms with Crippen LogP contribution in [-0.2, 0) is 109 Å². The molecule has 0 aromatic rings. The fraction of sp³-hybridized carbons (Fsp3) is 0.912. The van der Waals surface area contributed by atoms with Crippen molar-refractivity contribution in [2.24, 2.45) is 0 Å². The van der Waals surface area contributed by atoms with Crippen molar-refractivity contribution in [2.75, 3.05) is 59.5 Å². The fourth-order valence-electron chi connectivity index (χ4n) is 15.9. The molecule has 0 aliphatic carbocycles. The Balaban J connectivity index is 1.01. The van der Waals surface area contributed by atoms with Gasteiger partial charge < -0.3 is 250 Å². The number of aliphatic hydroxyl groups is 27. The molecule has 0 radical (unpaired) electrons. The largest absolute Gasteiger partial charge is 0.477 e. The van der Waals surface area contributed by atoms with Crippen molar-refractivity contribution in [3.05, 3.63) is 0 Å². The van der Waals surface area contributed by atoms with Crippen LogP contribution in [-0.4, -0.2) is 530 Å². The Morgan fingerprint density at radius 2 is 0.613 bits per heavy atom. The average molecular weight is 1820 g/mol. The molecule has 0 spiro atoms. The first-order chi connectivity index (χ1) is 58.3. The van der Waals surface area contributed by atoms with Crippen LogP contribution in [0.5, 0.6) is 0 Å². The monoisotopic (exact) mass is 1820 g/mol. The van der Waals surface area contributed by atoms with Gasteiger partial charge in [-0.15, -0.1) is 0 Å². The van der Waals surface area contributed by atoms with Crippen molar-refractivity contribution in [1.29, 1.82) is 0 Å². The lowest BCUT2D eigenvalue weighted by atomic mass is 9.88. The van der Waals surface area contributed by atoms with E-state index in [0.29, 0.717) is 0 Å². The second-order valence-electron chi connectivity index (χ2n) is 31.0. The lowest BCUT2D eigenvalue weighted by Gasteiger charge is -2.51. The van der Waals surface area contributed by atoms with Gasteiger partial charge >= 0.3 is 11.9 Å². The number of aliphatic hydroxyl groups excluding tert-OH is 27. The quantitative estimate of drug-likeness (QED) is 0.0280. The molecule has 716 valence electrons. The van der Waals surface area contributed by atoms with Crippen molar-refractivity contribution >= 4 is 35.6 Å². The van der Waals surface area contributed by atoms with Crippen LogP contribution in [0.3, 0.4) is 0 Å². The maximum absolute atomic E-state index is 13.3. The zero-order valence-corrected chi connectivity index (χ0v) is 66.1. The molecule has 124 heavy (non-hydrogen) atoms. The summed E-state index contributed by atoms with van der Waals surface area (Å²) in [5.74, 6) is -14.9. The predicted octanol–water partition coefficient (Wildman–Crippen LogP) is -21.6. The molecule has 4 amide bonds. The van der Waals surface area contributed by atoms with Crippen LogP contribution in [0.4, 0.5) is 0 Å². The van der Waals surface area contributed by atoms with Gasteiger partial charge in [0.05, 0.1) is 83.8 Å². The second-order valence-corrected chi connectivity index (χ2v) is 31.0. The number of amides is 4. The van der Waals surface area contributed by atoms with Gasteiger partial charge in [-0.25, -0.2) is 9.59 Å². The first-order valence-electron chi connectivity index (χ1n) is 38.9. The van der Waals surface area contributed by atoms with Crippen LogP contribution in [0.25, 0.3) is 0 Å². The Bertz CT molecular complexity index is 3450. The van der Waals surface area contributed by atoms with Crippen LogP contribution < -0.4 is 21.3 Å². The van der Waals surface area contributed by atoms with E-state index in [4.69, 9.17) is 80.5 Å². The molecule has 0 saturated carbocycles. The summed E-state index contributed by atoms with van der Waals surface area (Å²) in [6.45, 7) is -7.36. The minimum absolute atomic E-state index is 0.847. The molecule has 56 nitrogen and oxygen atoms in total. The molecule has 0 bridgehead atoms. The highest BCUT2D eigenvalue weighted by atomic mass is 16.8. The summed E-state index contributed by atoms with van der Waals surface area (Å²) in [7, 11) is 0. The van der Waals surface area contributed by atoms with E-state index in [1.165, 1.54) is 0 Å². The van der Waals surface area contributed by atoms with E-state index in [2.05, 4.69) is 21.3 Å². The van der Waals surface area contributed by atoms with Crippen molar-refractivity contribution in [3.8, 4) is 0 Å². The van der Waals surface area contributed by atoms with Crippen molar-refractivity contribution in [3.63, 3.8) is 0 Å². The lowest BCUT2D eigenvalue weighted by molar-refractivity contribution is -0.395. The summed E-state index contributed by atoms with van der Waals surface area (Å²) < 4.78 is 98.9. The van der Waals surface area contributed by atoms with Crippen LogP contribution >= 0.6 is 0 Å². The number of carbonyl (C=O) groups is 6. The molecule has 56 heteroatoms. The molecule has 0 aromatic heterocycles.